The number of hydrogen-bond donors (Lipinski definition) is 1. The van der Waals surface area contributed by atoms with E-state index in [1.165, 1.54) is 0 Å². The molecule has 7 nitrogen and oxygen atoms in total. The highest BCUT2D eigenvalue weighted by atomic mass is 16.5. The molecule has 0 aliphatic carbocycles. The Morgan fingerprint density at radius 1 is 1.40 bits per heavy atom. The van der Waals surface area contributed by atoms with Crippen LogP contribution in [0.25, 0.3) is 11.0 Å². The van der Waals surface area contributed by atoms with Crippen molar-refractivity contribution in [3.63, 3.8) is 0 Å². The van der Waals surface area contributed by atoms with Gasteiger partial charge in [0.2, 0.25) is 5.89 Å². The first-order valence-electron chi connectivity index (χ1n) is 8.67. The lowest BCUT2D eigenvalue weighted by molar-refractivity contribution is 0.0703. The van der Waals surface area contributed by atoms with Crippen LogP contribution >= 0.6 is 0 Å². The van der Waals surface area contributed by atoms with Gasteiger partial charge in [0.05, 0.1) is 17.4 Å². The lowest BCUT2D eigenvalue weighted by atomic mass is 9.96. The molecule has 1 aromatic carbocycles. The van der Waals surface area contributed by atoms with Crippen LogP contribution in [0, 0.1) is 0 Å². The highest BCUT2D eigenvalue weighted by Gasteiger charge is 2.29. The average molecular weight is 339 g/mol. The molecule has 0 spiro atoms. The van der Waals surface area contributed by atoms with E-state index in [4.69, 9.17) is 4.52 Å². The number of likely N-dealkylation sites (tertiary alicyclic amines) is 1. The highest BCUT2D eigenvalue weighted by molar-refractivity contribution is 5.97. The summed E-state index contributed by atoms with van der Waals surface area (Å²) in [6.07, 6.45) is 3.55. The maximum atomic E-state index is 12.9. The monoisotopic (exact) mass is 339 g/mol. The Bertz CT molecular complexity index is 898. The summed E-state index contributed by atoms with van der Waals surface area (Å²) in [7, 11) is 0. The van der Waals surface area contributed by atoms with Crippen molar-refractivity contribution in [2.45, 2.75) is 38.5 Å². The number of aromatic amines is 1. The largest absolute Gasteiger partial charge is 0.345 e. The lowest BCUT2D eigenvalue weighted by Crippen LogP contribution is -2.39. The summed E-state index contributed by atoms with van der Waals surface area (Å²) in [5.74, 6) is 1.75. The van der Waals surface area contributed by atoms with Crippen molar-refractivity contribution in [2.24, 2.45) is 0 Å². The van der Waals surface area contributed by atoms with E-state index in [0.29, 0.717) is 23.8 Å². The van der Waals surface area contributed by atoms with Crippen LogP contribution in [0.3, 0.4) is 0 Å². The Morgan fingerprint density at radius 2 is 2.28 bits per heavy atom. The molecule has 3 aromatic rings. The van der Waals surface area contributed by atoms with Gasteiger partial charge in [-0.3, -0.25) is 4.79 Å². The summed E-state index contributed by atoms with van der Waals surface area (Å²) >= 11 is 0. The molecular weight excluding hydrogens is 318 g/mol. The summed E-state index contributed by atoms with van der Waals surface area (Å²) in [5.41, 5.74) is 2.41. The van der Waals surface area contributed by atoms with E-state index in [-0.39, 0.29) is 17.7 Å². The molecule has 7 heteroatoms. The number of nitrogens with zero attached hydrogens (tertiary/aromatic N) is 4. The van der Waals surface area contributed by atoms with Gasteiger partial charge in [0.25, 0.3) is 5.91 Å². The summed E-state index contributed by atoms with van der Waals surface area (Å²) in [4.78, 5) is 26.5. The SMILES string of the molecule is CC(C)c1nc([C@@H]2CCCN(C(=O)c3ccc4nc[nH]c4c3)C2)no1. The first-order valence-corrected chi connectivity index (χ1v) is 8.67. The van der Waals surface area contributed by atoms with Crippen LogP contribution in [-0.4, -0.2) is 44.0 Å². The molecular formula is C18H21N5O2. The highest BCUT2D eigenvalue weighted by Crippen LogP contribution is 2.27. The number of hydrogen-bond acceptors (Lipinski definition) is 5. The summed E-state index contributed by atoms with van der Waals surface area (Å²) in [6.45, 7) is 5.43. The Hall–Kier alpha value is -2.70. The van der Waals surface area contributed by atoms with Crippen molar-refractivity contribution in [3.8, 4) is 0 Å². The Morgan fingerprint density at radius 3 is 3.08 bits per heavy atom. The maximum Gasteiger partial charge on any atom is 0.253 e. The first kappa shape index (κ1) is 15.8. The molecule has 2 aromatic heterocycles. The Kier molecular flexibility index (Phi) is 3.99. The van der Waals surface area contributed by atoms with Crippen molar-refractivity contribution < 1.29 is 9.32 Å². The summed E-state index contributed by atoms with van der Waals surface area (Å²) < 4.78 is 5.32. The molecule has 1 aliphatic rings. The number of benzene rings is 1. The van der Waals surface area contributed by atoms with E-state index in [1.807, 2.05) is 36.9 Å². The zero-order chi connectivity index (χ0) is 17.4. The van der Waals surface area contributed by atoms with E-state index in [1.54, 1.807) is 6.33 Å². The van der Waals surface area contributed by atoms with Crippen LogP contribution < -0.4 is 0 Å². The number of nitrogens with one attached hydrogen (secondary N) is 1. The minimum atomic E-state index is 0.0359. The Labute approximate surface area is 145 Å². The predicted molar refractivity (Wildman–Crippen MR) is 92.4 cm³/mol. The minimum Gasteiger partial charge on any atom is -0.345 e. The summed E-state index contributed by atoms with van der Waals surface area (Å²) in [6, 6.07) is 5.56. The summed E-state index contributed by atoms with van der Waals surface area (Å²) in [5, 5.41) is 4.12. The molecule has 1 amide bonds. The van der Waals surface area contributed by atoms with Crippen LogP contribution in [0.1, 0.15) is 60.6 Å². The predicted octanol–water partition coefficient (Wildman–Crippen LogP) is 3.09. The third-order valence-corrected chi connectivity index (χ3v) is 4.69. The molecule has 0 radical (unpaired) electrons. The number of imidazole rings is 1. The van der Waals surface area contributed by atoms with Crippen molar-refractivity contribution in [2.75, 3.05) is 13.1 Å². The van der Waals surface area contributed by atoms with Gasteiger partial charge >= 0.3 is 0 Å². The van der Waals surface area contributed by atoms with Gasteiger partial charge in [-0.25, -0.2) is 4.98 Å². The van der Waals surface area contributed by atoms with Gasteiger partial charge in [-0.15, -0.1) is 0 Å². The number of fused-ring (bicyclic) bond motifs is 1. The Balaban J connectivity index is 1.52. The molecule has 1 fully saturated rings. The normalized spacial score (nSPS) is 18.2. The molecule has 4 rings (SSSR count). The zero-order valence-electron chi connectivity index (χ0n) is 14.4. The molecule has 1 aliphatic heterocycles. The van der Waals surface area contributed by atoms with Gasteiger partial charge < -0.3 is 14.4 Å². The molecule has 25 heavy (non-hydrogen) atoms. The number of H-pyrrole nitrogens is 1. The van der Waals surface area contributed by atoms with Crippen molar-refractivity contribution in [1.82, 2.24) is 25.0 Å². The second-order valence-corrected chi connectivity index (χ2v) is 6.87. The van der Waals surface area contributed by atoms with Crippen LogP contribution in [0.2, 0.25) is 0 Å². The fourth-order valence-corrected chi connectivity index (χ4v) is 3.27. The first-order chi connectivity index (χ1) is 12.1. The van der Waals surface area contributed by atoms with Gasteiger partial charge in [0.15, 0.2) is 5.82 Å². The van der Waals surface area contributed by atoms with Crippen LogP contribution in [0.5, 0.6) is 0 Å². The number of aromatic nitrogens is 4. The van der Waals surface area contributed by atoms with Crippen molar-refractivity contribution in [3.05, 3.63) is 41.8 Å². The van der Waals surface area contributed by atoms with Crippen molar-refractivity contribution in [1.29, 1.82) is 0 Å². The van der Waals surface area contributed by atoms with E-state index < -0.39 is 0 Å². The second-order valence-electron chi connectivity index (χ2n) is 6.87. The van der Waals surface area contributed by atoms with Crippen LogP contribution in [0.15, 0.2) is 29.0 Å². The second kappa shape index (κ2) is 6.31. The van der Waals surface area contributed by atoms with Gasteiger partial charge in [-0.1, -0.05) is 19.0 Å². The number of carbonyl (C=O) groups excluding carboxylic acids is 1. The third kappa shape index (κ3) is 3.01. The third-order valence-electron chi connectivity index (χ3n) is 4.69. The molecule has 0 bridgehead atoms. The van der Waals surface area contributed by atoms with Crippen molar-refractivity contribution >= 4 is 16.9 Å². The molecule has 130 valence electrons. The number of rotatable bonds is 3. The van der Waals surface area contributed by atoms with E-state index in [9.17, 15) is 4.79 Å². The standard InChI is InChI=1S/C18H21N5O2/c1-11(2)17-21-16(22-25-17)13-4-3-7-23(9-13)18(24)12-5-6-14-15(8-12)20-10-19-14/h5-6,8,10-11,13H,3-4,7,9H2,1-2H3,(H,19,20)/t13-/m1/s1. The van der Waals surface area contributed by atoms with E-state index >= 15 is 0 Å². The zero-order valence-corrected chi connectivity index (χ0v) is 14.4. The van der Waals surface area contributed by atoms with Crippen LogP contribution in [-0.2, 0) is 0 Å². The topological polar surface area (TPSA) is 87.9 Å². The number of piperidine rings is 1. The van der Waals surface area contributed by atoms with Gasteiger partial charge in [-0.05, 0) is 31.0 Å². The molecule has 0 saturated carbocycles. The fourth-order valence-electron chi connectivity index (χ4n) is 3.27. The fraction of sp³-hybridized carbons (Fsp3) is 0.444. The average Bonchev–Trinajstić information content (AvgIpc) is 3.30. The molecule has 0 unspecified atom stereocenters. The molecule has 1 atom stereocenters. The van der Waals surface area contributed by atoms with Gasteiger partial charge in [-0.2, -0.15) is 4.98 Å². The van der Waals surface area contributed by atoms with E-state index in [0.717, 1.165) is 30.4 Å². The smallest absolute Gasteiger partial charge is 0.253 e. The quantitative estimate of drug-likeness (QED) is 0.792. The van der Waals surface area contributed by atoms with Crippen LogP contribution in [0.4, 0.5) is 0 Å². The molecule has 1 N–H and O–H groups in total. The number of amides is 1. The van der Waals surface area contributed by atoms with E-state index in [2.05, 4.69) is 20.1 Å². The van der Waals surface area contributed by atoms with Gasteiger partial charge in [0.1, 0.15) is 0 Å². The molecule has 1 saturated heterocycles. The molecule has 3 heterocycles. The minimum absolute atomic E-state index is 0.0359. The maximum absolute atomic E-state index is 12.9. The lowest BCUT2D eigenvalue weighted by Gasteiger charge is -2.31. The van der Waals surface area contributed by atoms with Gasteiger partial charge in [0, 0.05) is 30.5 Å². The number of carbonyl (C=O) groups is 1.